The van der Waals surface area contributed by atoms with E-state index in [1.165, 1.54) is 0 Å². The highest BCUT2D eigenvalue weighted by Gasteiger charge is 2.16. The lowest BCUT2D eigenvalue weighted by Gasteiger charge is -2.19. The van der Waals surface area contributed by atoms with Crippen molar-refractivity contribution in [1.82, 2.24) is 0 Å². The number of phenolic OH excluding ortho intramolecular Hbond substituents is 1. The van der Waals surface area contributed by atoms with Crippen LogP contribution in [0.1, 0.15) is 25.3 Å². The Morgan fingerprint density at radius 3 is 2.78 bits per heavy atom. The van der Waals surface area contributed by atoms with Crippen LogP contribution >= 0.6 is 0 Å². The zero-order valence-electron chi connectivity index (χ0n) is 10.7. The monoisotopic (exact) mass is 249 g/mol. The topological polar surface area (TPSA) is 49.8 Å². The maximum Gasteiger partial charge on any atom is 0.310 e. The van der Waals surface area contributed by atoms with Gasteiger partial charge in [-0.05, 0) is 37.5 Å². The molecule has 1 aromatic carbocycles. The Balaban J connectivity index is 2.12. The molecule has 1 aliphatic rings. The number of carbonyl (C=O) groups is 1. The molecule has 18 heavy (non-hydrogen) atoms. The Bertz CT molecular complexity index is 425. The number of esters is 1. The molecule has 2 rings (SSSR count). The fourth-order valence-corrected chi connectivity index (χ4v) is 2.27. The molecule has 0 saturated carbocycles. The van der Waals surface area contributed by atoms with Crippen LogP contribution in [0.4, 0.5) is 5.69 Å². The quantitative estimate of drug-likeness (QED) is 0.830. The van der Waals surface area contributed by atoms with Crippen molar-refractivity contribution >= 4 is 11.7 Å². The number of hydrogen-bond donors (Lipinski definition) is 1. The summed E-state index contributed by atoms with van der Waals surface area (Å²) in [5.74, 6) is 0.0556. The van der Waals surface area contributed by atoms with Crippen molar-refractivity contribution in [2.24, 2.45) is 0 Å². The minimum atomic E-state index is -0.226. The molecule has 1 fully saturated rings. The molecular formula is C14H19NO3. The molecule has 0 atom stereocenters. The molecule has 0 aliphatic carbocycles. The Morgan fingerprint density at radius 2 is 2.11 bits per heavy atom. The Labute approximate surface area is 107 Å². The van der Waals surface area contributed by atoms with Crippen LogP contribution in [0.3, 0.4) is 0 Å². The fraction of sp³-hybridized carbons (Fsp3) is 0.500. The van der Waals surface area contributed by atoms with Gasteiger partial charge in [0.25, 0.3) is 0 Å². The number of carbonyl (C=O) groups excluding carboxylic acids is 1. The molecule has 1 heterocycles. The van der Waals surface area contributed by atoms with Crippen LogP contribution in [0.2, 0.25) is 0 Å². The first kappa shape index (κ1) is 12.7. The number of phenols is 1. The van der Waals surface area contributed by atoms with Crippen molar-refractivity contribution in [3.63, 3.8) is 0 Å². The van der Waals surface area contributed by atoms with Gasteiger partial charge in [-0.15, -0.1) is 0 Å². The van der Waals surface area contributed by atoms with E-state index in [9.17, 15) is 9.90 Å². The molecule has 1 aromatic rings. The minimum absolute atomic E-state index is 0.226. The molecule has 4 nitrogen and oxygen atoms in total. The van der Waals surface area contributed by atoms with Gasteiger partial charge >= 0.3 is 5.97 Å². The molecular weight excluding hydrogens is 230 g/mol. The highest BCUT2D eigenvalue weighted by molar-refractivity contribution is 5.73. The van der Waals surface area contributed by atoms with E-state index in [1.807, 2.05) is 6.07 Å². The van der Waals surface area contributed by atoms with Gasteiger partial charge in [0.2, 0.25) is 0 Å². The van der Waals surface area contributed by atoms with E-state index in [2.05, 4.69) is 4.90 Å². The summed E-state index contributed by atoms with van der Waals surface area (Å²) in [6, 6.07) is 5.31. The molecule has 98 valence electrons. The van der Waals surface area contributed by atoms with Crippen LogP contribution in [0.5, 0.6) is 5.75 Å². The zero-order chi connectivity index (χ0) is 13.0. The first-order valence-electron chi connectivity index (χ1n) is 6.43. The van der Waals surface area contributed by atoms with E-state index in [0.717, 1.165) is 37.2 Å². The molecule has 0 radical (unpaired) electrons. The summed E-state index contributed by atoms with van der Waals surface area (Å²) in [5, 5.41) is 9.88. The Morgan fingerprint density at radius 1 is 1.39 bits per heavy atom. The van der Waals surface area contributed by atoms with Gasteiger partial charge < -0.3 is 14.7 Å². The van der Waals surface area contributed by atoms with Gasteiger partial charge in [-0.3, -0.25) is 4.79 Å². The fourth-order valence-electron chi connectivity index (χ4n) is 2.27. The molecule has 1 N–H and O–H groups in total. The first-order valence-corrected chi connectivity index (χ1v) is 6.43. The second-order valence-corrected chi connectivity index (χ2v) is 4.50. The van der Waals surface area contributed by atoms with E-state index in [4.69, 9.17) is 4.74 Å². The van der Waals surface area contributed by atoms with Crippen LogP contribution < -0.4 is 4.90 Å². The number of ether oxygens (including phenoxy) is 1. The first-order chi connectivity index (χ1) is 8.70. The maximum absolute atomic E-state index is 11.4. The lowest BCUT2D eigenvalue weighted by Crippen LogP contribution is -2.18. The lowest BCUT2D eigenvalue weighted by molar-refractivity contribution is -0.142. The molecule has 1 aliphatic heterocycles. The summed E-state index contributed by atoms with van der Waals surface area (Å²) in [5.41, 5.74) is 1.71. The summed E-state index contributed by atoms with van der Waals surface area (Å²) in [6.07, 6.45) is 2.57. The second-order valence-electron chi connectivity index (χ2n) is 4.50. The summed E-state index contributed by atoms with van der Waals surface area (Å²) in [7, 11) is 0. The normalized spacial score (nSPS) is 14.8. The SMILES string of the molecule is CCOC(=O)Cc1ccc(O)c(N2CCCC2)c1. The number of hydrogen-bond acceptors (Lipinski definition) is 4. The third kappa shape index (κ3) is 2.94. The van der Waals surface area contributed by atoms with Gasteiger partial charge in [-0.2, -0.15) is 0 Å². The molecule has 0 unspecified atom stereocenters. The van der Waals surface area contributed by atoms with Gasteiger partial charge in [-0.25, -0.2) is 0 Å². The van der Waals surface area contributed by atoms with Crippen molar-refractivity contribution in [3.05, 3.63) is 23.8 Å². The standard InChI is InChI=1S/C14H19NO3/c1-2-18-14(17)10-11-5-6-13(16)12(9-11)15-7-3-4-8-15/h5-6,9,16H,2-4,7-8,10H2,1H3. The average Bonchev–Trinajstić information content (AvgIpc) is 2.85. The van der Waals surface area contributed by atoms with Crippen molar-refractivity contribution in [2.45, 2.75) is 26.2 Å². The third-order valence-corrected chi connectivity index (χ3v) is 3.14. The zero-order valence-corrected chi connectivity index (χ0v) is 10.7. The summed E-state index contributed by atoms with van der Waals surface area (Å²) < 4.78 is 4.93. The average molecular weight is 249 g/mol. The minimum Gasteiger partial charge on any atom is -0.506 e. The summed E-state index contributed by atoms with van der Waals surface area (Å²) in [6.45, 7) is 4.13. The van der Waals surface area contributed by atoms with Crippen LogP contribution in [-0.2, 0) is 16.0 Å². The number of aromatic hydroxyl groups is 1. The number of rotatable bonds is 4. The van der Waals surface area contributed by atoms with Gasteiger partial charge in [0, 0.05) is 13.1 Å². The van der Waals surface area contributed by atoms with E-state index < -0.39 is 0 Å². The predicted octanol–water partition coefficient (Wildman–Crippen LogP) is 2.10. The van der Waals surface area contributed by atoms with Crippen molar-refractivity contribution < 1.29 is 14.6 Å². The van der Waals surface area contributed by atoms with Crippen LogP contribution in [0.15, 0.2) is 18.2 Å². The Kier molecular flexibility index (Phi) is 4.07. The molecule has 0 bridgehead atoms. The lowest BCUT2D eigenvalue weighted by atomic mass is 10.1. The summed E-state index contributed by atoms with van der Waals surface area (Å²) in [4.78, 5) is 13.6. The second kappa shape index (κ2) is 5.76. The molecule has 1 saturated heterocycles. The summed E-state index contributed by atoms with van der Waals surface area (Å²) >= 11 is 0. The Hall–Kier alpha value is -1.71. The highest BCUT2D eigenvalue weighted by atomic mass is 16.5. The van der Waals surface area contributed by atoms with Crippen molar-refractivity contribution in [2.75, 3.05) is 24.6 Å². The molecule has 4 heteroatoms. The highest BCUT2D eigenvalue weighted by Crippen LogP contribution is 2.31. The molecule has 0 spiro atoms. The van der Waals surface area contributed by atoms with Crippen molar-refractivity contribution in [3.8, 4) is 5.75 Å². The van der Waals surface area contributed by atoms with Gasteiger partial charge in [-0.1, -0.05) is 6.07 Å². The number of anilines is 1. The number of benzene rings is 1. The van der Waals surface area contributed by atoms with E-state index >= 15 is 0 Å². The van der Waals surface area contributed by atoms with E-state index in [0.29, 0.717) is 6.61 Å². The van der Waals surface area contributed by atoms with Gasteiger partial charge in [0.05, 0.1) is 18.7 Å². The van der Waals surface area contributed by atoms with Gasteiger partial charge in [0.15, 0.2) is 0 Å². The van der Waals surface area contributed by atoms with E-state index in [-0.39, 0.29) is 18.1 Å². The van der Waals surface area contributed by atoms with E-state index in [1.54, 1.807) is 19.1 Å². The van der Waals surface area contributed by atoms with Crippen LogP contribution in [0.25, 0.3) is 0 Å². The van der Waals surface area contributed by atoms with Gasteiger partial charge in [0.1, 0.15) is 5.75 Å². The van der Waals surface area contributed by atoms with Crippen LogP contribution in [-0.4, -0.2) is 30.8 Å². The van der Waals surface area contributed by atoms with Crippen LogP contribution in [0, 0.1) is 0 Å². The molecule has 0 aromatic heterocycles. The third-order valence-electron chi connectivity index (χ3n) is 3.14. The van der Waals surface area contributed by atoms with Crippen molar-refractivity contribution in [1.29, 1.82) is 0 Å². The number of nitrogens with zero attached hydrogens (tertiary/aromatic N) is 1. The smallest absolute Gasteiger partial charge is 0.310 e. The maximum atomic E-state index is 11.4. The predicted molar refractivity (Wildman–Crippen MR) is 69.9 cm³/mol. The largest absolute Gasteiger partial charge is 0.506 e. The molecule has 0 amide bonds.